The highest BCUT2D eigenvalue weighted by molar-refractivity contribution is 6.37. The minimum absolute atomic E-state index is 0.0578. The fraction of sp³-hybridized carbons (Fsp3) is 0.241. The van der Waals surface area contributed by atoms with Gasteiger partial charge in [0, 0.05) is 6.54 Å². The third kappa shape index (κ3) is 7.78. The second-order valence-corrected chi connectivity index (χ2v) is 9.94. The molecule has 0 aliphatic heterocycles. The number of amides is 1. The Labute approximate surface area is 222 Å². The lowest BCUT2D eigenvalue weighted by Gasteiger charge is -2.19. The summed E-state index contributed by atoms with van der Waals surface area (Å²) in [5, 5.41) is 12.7. The number of nitrogens with zero attached hydrogens (tertiary/aromatic N) is 1. The standard InChI is InChI=1S/C29H28Cl2N2O3/c1-29(2,3)23-9-11-24(12-10-23)35-13-14-36-27-25(30)16-21(17-26(27)31)15-22(18-32)28(34)33-19-20-7-5-4-6-8-20/h4-12,15-17H,13-14,19H2,1-3H3,(H,33,34)/b22-15+. The lowest BCUT2D eigenvalue weighted by molar-refractivity contribution is -0.117. The van der Waals surface area contributed by atoms with Crippen molar-refractivity contribution in [3.05, 3.63) is 99.0 Å². The highest BCUT2D eigenvalue weighted by Crippen LogP contribution is 2.35. The molecule has 0 fully saturated rings. The fourth-order valence-corrected chi connectivity index (χ4v) is 3.96. The van der Waals surface area contributed by atoms with Crippen LogP contribution in [0.15, 0.2) is 72.3 Å². The number of benzene rings is 3. The quantitative estimate of drug-likeness (QED) is 0.187. The van der Waals surface area contributed by atoms with Crippen molar-refractivity contribution in [1.29, 1.82) is 5.26 Å². The summed E-state index contributed by atoms with van der Waals surface area (Å²) in [4.78, 5) is 12.4. The Morgan fingerprint density at radius 2 is 1.58 bits per heavy atom. The third-order valence-electron chi connectivity index (χ3n) is 5.31. The Hall–Kier alpha value is -3.46. The molecule has 1 N–H and O–H groups in total. The van der Waals surface area contributed by atoms with Gasteiger partial charge in [0.25, 0.3) is 5.91 Å². The van der Waals surface area contributed by atoms with Gasteiger partial charge in [-0.15, -0.1) is 0 Å². The Bertz CT molecular complexity index is 1240. The van der Waals surface area contributed by atoms with Crippen molar-refractivity contribution in [2.75, 3.05) is 13.2 Å². The summed E-state index contributed by atoms with van der Waals surface area (Å²) in [5.41, 5.74) is 2.70. The van der Waals surface area contributed by atoms with Crippen LogP contribution < -0.4 is 14.8 Å². The molecule has 3 aromatic rings. The predicted molar refractivity (Wildman–Crippen MR) is 144 cm³/mol. The number of carbonyl (C=O) groups excluding carboxylic acids is 1. The summed E-state index contributed by atoms with van der Waals surface area (Å²) in [7, 11) is 0. The molecule has 5 nitrogen and oxygen atoms in total. The van der Waals surface area contributed by atoms with Crippen LogP contribution in [0.1, 0.15) is 37.5 Å². The van der Waals surface area contributed by atoms with Gasteiger partial charge in [0.15, 0.2) is 5.75 Å². The number of carbonyl (C=O) groups is 1. The van der Waals surface area contributed by atoms with Crippen molar-refractivity contribution >= 4 is 35.2 Å². The first-order chi connectivity index (χ1) is 17.2. The molecule has 0 aliphatic carbocycles. The van der Waals surface area contributed by atoms with Crippen LogP contribution in [-0.4, -0.2) is 19.1 Å². The van der Waals surface area contributed by atoms with E-state index in [1.807, 2.05) is 60.7 Å². The van der Waals surface area contributed by atoms with E-state index in [1.165, 1.54) is 11.6 Å². The first kappa shape index (κ1) is 27.1. The maximum atomic E-state index is 12.4. The zero-order valence-electron chi connectivity index (χ0n) is 20.5. The van der Waals surface area contributed by atoms with E-state index in [0.717, 1.165) is 11.3 Å². The Balaban J connectivity index is 1.57. The van der Waals surface area contributed by atoms with Crippen LogP contribution in [-0.2, 0) is 16.8 Å². The number of halogens is 2. The monoisotopic (exact) mass is 522 g/mol. The zero-order chi connectivity index (χ0) is 26.1. The van der Waals surface area contributed by atoms with Gasteiger partial charge in [0.1, 0.15) is 30.6 Å². The molecule has 0 atom stereocenters. The first-order valence-electron chi connectivity index (χ1n) is 11.5. The Morgan fingerprint density at radius 1 is 0.972 bits per heavy atom. The molecule has 3 rings (SSSR count). The number of nitrogens with one attached hydrogen (secondary N) is 1. The largest absolute Gasteiger partial charge is 0.490 e. The maximum Gasteiger partial charge on any atom is 0.262 e. The topological polar surface area (TPSA) is 71.3 Å². The SMILES string of the molecule is CC(C)(C)c1ccc(OCCOc2c(Cl)cc(/C=C(\C#N)C(=O)NCc3ccccc3)cc2Cl)cc1. The van der Waals surface area contributed by atoms with Gasteiger partial charge in [-0.1, -0.05) is 86.4 Å². The number of nitriles is 1. The zero-order valence-corrected chi connectivity index (χ0v) is 22.0. The second-order valence-electron chi connectivity index (χ2n) is 9.12. The Morgan fingerprint density at radius 3 is 2.17 bits per heavy atom. The molecular weight excluding hydrogens is 495 g/mol. The van der Waals surface area contributed by atoms with E-state index in [1.54, 1.807) is 12.1 Å². The van der Waals surface area contributed by atoms with Gasteiger partial charge in [-0.3, -0.25) is 4.79 Å². The van der Waals surface area contributed by atoms with Gasteiger partial charge in [0.05, 0.1) is 10.0 Å². The molecule has 1 amide bonds. The number of ether oxygens (including phenoxy) is 2. The summed E-state index contributed by atoms with van der Waals surface area (Å²) in [6.45, 7) is 7.34. The van der Waals surface area contributed by atoms with E-state index in [-0.39, 0.29) is 27.6 Å². The van der Waals surface area contributed by atoms with Crippen LogP contribution in [0.3, 0.4) is 0 Å². The van der Waals surface area contributed by atoms with Gasteiger partial charge in [0.2, 0.25) is 0 Å². The molecule has 0 saturated heterocycles. The molecule has 0 radical (unpaired) electrons. The van der Waals surface area contributed by atoms with E-state index >= 15 is 0 Å². The lowest BCUT2D eigenvalue weighted by atomic mass is 9.87. The molecule has 0 aliphatic rings. The summed E-state index contributed by atoms with van der Waals surface area (Å²) in [6.07, 6.45) is 1.44. The van der Waals surface area contributed by atoms with E-state index in [4.69, 9.17) is 32.7 Å². The van der Waals surface area contributed by atoms with Gasteiger partial charge >= 0.3 is 0 Å². The summed E-state index contributed by atoms with van der Waals surface area (Å²) in [5.74, 6) is 0.578. The molecule has 0 spiro atoms. The van der Waals surface area contributed by atoms with E-state index in [9.17, 15) is 10.1 Å². The van der Waals surface area contributed by atoms with Crippen molar-refractivity contribution in [3.63, 3.8) is 0 Å². The highest BCUT2D eigenvalue weighted by Gasteiger charge is 2.14. The van der Waals surface area contributed by atoms with Gasteiger partial charge in [-0.25, -0.2) is 0 Å². The summed E-state index contributed by atoms with van der Waals surface area (Å²) >= 11 is 12.8. The number of rotatable bonds is 9. The lowest BCUT2D eigenvalue weighted by Crippen LogP contribution is -2.23. The van der Waals surface area contributed by atoms with Crippen LogP contribution in [0.25, 0.3) is 6.08 Å². The molecule has 36 heavy (non-hydrogen) atoms. The van der Waals surface area contributed by atoms with Crippen LogP contribution in [0, 0.1) is 11.3 Å². The average Bonchev–Trinajstić information content (AvgIpc) is 2.85. The van der Waals surface area contributed by atoms with E-state index in [0.29, 0.717) is 24.5 Å². The van der Waals surface area contributed by atoms with Crippen molar-refractivity contribution in [1.82, 2.24) is 5.32 Å². The minimum atomic E-state index is -0.485. The molecule has 186 valence electrons. The van der Waals surface area contributed by atoms with E-state index < -0.39 is 5.91 Å². The summed E-state index contributed by atoms with van der Waals surface area (Å²) in [6, 6.07) is 22.5. The first-order valence-corrected chi connectivity index (χ1v) is 12.2. The number of hydrogen-bond acceptors (Lipinski definition) is 4. The smallest absolute Gasteiger partial charge is 0.262 e. The van der Waals surface area contributed by atoms with Gasteiger partial charge in [-0.05, 0) is 52.4 Å². The van der Waals surface area contributed by atoms with Crippen LogP contribution in [0.5, 0.6) is 11.5 Å². The highest BCUT2D eigenvalue weighted by atomic mass is 35.5. The van der Waals surface area contributed by atoms with Gasteiger partial charge in [-0.2, -0.15) is 5.26 Å². The molecule has 0 saturated carbocycles. The predicted octanol–water partition coefficient (Wildman–Crippen LogP) is 6.97. The molecule has 0 unspecified atom stereocenters. The second kappa shape index (κ2) is 12.5. The summed E-state index contributed by atoms with van der Waals surface area (Å²) < 4.78 is 11.5. The molecular formula is C29H28Cl2N2O3. The fourth-order valence-electron chi connectivity index (χ4n) is 3.34. The molecule has 7 heteroatoms. The molecule has 0 bridgehead atoms. The van der Waals surface area contributed by atoms with Crippen LogP contribution in [0.4, 0.5) is 0 Å². The molecule has 0 heterocycles. The van der Waals surface area contributed by atoms with Crippen molar-refractivity contribution in [2.45, 2.75) is 32.7 Å². The van der Waals surface area contributed by atoms with Gasteiger partial charge < -0.3 is 14.8 Å². The van der Waals surface area contributed by atoms with Crippen molar-refractivity contribution in [3.8, 4) is 17.6 Å². The normalized spacial score (nSPS) is 11.5. The van der Waals surface area contributed by atoms with Crippen LogP contribution >= 0.6 is 23.2 Å². The maximum absolute atomic E-state index is 12.4. The van der Waals surface area contributed by atoms with Crippen LogP contribution in [0.2, 0.25) is 10.0 Å². The Kier molecular flexibility index (Phi) is 9.41. The van der Waals surface area contributed by atoms with Crippen molar-refractivity contribution < 1.29 is 14.3 Å². The van der Waals surface area contributed by atoms with E-state index in [2.05, 4.69) is 26.1 Å². The number of hydrogen-bond donors (Lipinski definition) is 1. The molecule has 3 aromatic carbocycles. The molecule has 0 aromatic heterocycles. The average molecular weight is 523 g/mol. The van der Waals surface area contributed by atoms with Crippen molar-refractivity contribution in [2.24, 2.45) is 0 Å². The minimum Gasteiger partial charge on any atom is -0.490 e. The third-order valence-corrected chi connectivity index (χ3v) is 5.87.